The van der Waals surface area contributed by atoms with Gasteiger partial charge in [0.05, 0.1) is 33.4 Å². The highest BCUT2D eigenvalue weighted by atomic mass is 16.5. The van der Waals surface area contributed by atoms with Crippen LogP contribution in [0.15, 0.2) is 47.5 Å². The molecule has 1 unspecified atom stereocenters. The maximum absolute atomic E-state index is 5.67. The summed E-state index contributed by atoms with van der Waals surface area (Å²) in [5.74, 6) is 2.96. The normalized spacial score (nSPS) is 12.4. The van der Waals surface area contributed by atoms with E-state index < -0.39 is 0 Å². The van der Waals surface area contributed by atoms with E-state index >= 15 is 0 Å². The lowest BCUT2D eigenvalue weighted by molar-refractivity contribution is 0.306. The standard InChI is InChI=1S/C23H34N4O3/c1-7-24-23(26-18-11-14-21(29-6)22(15-18)30-8-2)25-16-20(27(3)4)17-9-12-19(28-5)13-10-17/h9-15,20H,7-8,16H2,1-6H3,(H2,24,25,26). The molecule has 30 heavy (non-hydrogen) atoms. The zero-order valence-corrected chi connectivity index (χ0v) is 18.9. The average Bonchev–Trinajstić information content (AvgIpc) is 2.74. The third kappa shape index (κ3) is 6.56. The first-order chi connectivity index (χ1) is 14.5. The molecule has 2 aromatic rings. The Bertz CT molecular complexity index is 807. The Hall–Kier alpha value is -2.93. The zero-order valence-electron chi connectivity index (χ0n) is 18.9. The van der Waals surface area contributed by atoms with E-state index in [0.29, 0.717) is 30.6 Å². The number of benzene rings is 2. The van der Waals surface area contributed by atoms with Gasteiger partial charge in [0.25, 0.3) is 0 Å². The molecule has 2 aromatic carbocycles. The van der Waals surface area contributed by atoms with Gasteiger partial charge in [0.1, 0.15) is 5.75 Å². The first kappa shape index (κ1) is 23.3. The molecule has 164 valence electrons. The average molecular weight is 415 g/mol. The Labute approximate surface area is 180 Å². The molecule has 7 heteroatoms. The van der Waals surface area contributed by atoms with Crippen LogP contribution in [0.1, 0.15) is 25.5 Å². The second-order valence-electron chi connectivity index (χ2n) is 6.90. The first-order valence-electron chi connectivity index (χ1n) is 10.2. The molecule has 0 radical (unpaired) electrons. The second-order valence-corrected chi connectivity index (χ2v) is 6.90. The summed E-state index contributed by atoms with van der Waals surface area (Å²) in [7, 11) is 7.43. The van der Waals surface area contributed by atoms with Gasteiger partial charge in [-0.1, -0.05) is 12.1 Å². The summed E-state index contributed by atoms with van der Waals surface area (Å²) in [5.41, 5.74) is 2.06. The fourth-order valence-corrected chi connectivity index (χ4v) is 3.04. The molecule has 1 atom stereocenters. The van der Waals surface area contributed by atoms with E-state index in [0.717, 1.165) is 18.0 Å². The highest BCUT2D eigenvalue weighted by molar-refractivity contribution is 5.94. The van der Waals surface area contributed by atoms with Gasteiger partial charge < -0.3 is 29.7 Å². The molecule has 2 rings (SSSR count). The van der Waals surface area contributed by atoms with Gasteiger partial charge in [0.15, 0.2) is 17.5 Å². The van der Waals surface area contributed by atoms with E-state index in [1.54, 1.807) is 14.2 Å². The van der Waals surface area contributed by atoms with Crippen molar-refractivity contribution >= 4 is 11.6 Å². The monoisotopic (exact) mass is 414 g/mol. The summed E-state index contributed by atoms with van der Waals surface area (Å²) in [6.07, 6.45) is 0. The number of aliphatic imine (C=N–C) groups is 1. The van der Waals surface area contributed by atoms with Crippen LogP contribution in [0.25, 0.3) is 0 Å². The van der Waals surface area contributed by atoms with E-state index in [4.69, 9.17) is 19.2 Å². The molecule has 0 aliphatic rings. The van der Waals surface area contributed by atoms with Crippen molar-refractivity contribution in [3.63, 3.8) is 0 Å². The lowest BCUT2D eigenvalue weighted by Gasteiger charge is -2.24. The maximum Gasteiger partial charge on any atom is 0.195 e. The Morgan fingerprint density at radius 1 is 1.00 bits per heavy atom. The van der Waals surface area contributed by atoms with E-state index in [1.807, 2.05) is 44.2 Å². The topological polar surface area (TPSA) is 67.4 Å². The van der Waals surface area contributed by atoms with Gasteiger partial charge in [0.2, 0.25) is 0 Å². The summed E-state index contributed by atoms with van der Waals surface area (Å²) >= 11 is 0. The van der Waals surface area contributed by atoms with E-state index in [1.165, 1.54) is 5.56 Å². The van der Waals surface area contributed by atoms with Crippen LogP contribution in [0.3, 0.4) is 0 Å². The molecule has 0 saturated heterocycles. The summed E-state index contributed by atoms with van der Waals surface area (Å²) in [6, 6.07) is 14.0. The van der Waals surface area contributed by atoms with Crippen LogP contribution in [-0.4, -0.2) is 58.9 Å². The van der Waals surface area contributed by atoms with Crippen molar-refractivity contribution in [2.24, 2.45) is 4.99 Å². The Morgan fingerprint density at radius 2 is 1.73 bits per heavy atom. The highest BCUT2D eigenvalue weighted by Gasteiger charge is 2.14. The molecule has 0 aliphatic carbocycles. The molecule has 0 heterocycles. The van der Waals surface area contributed by atoms with Gasteiger partial charge in [-0.2, -0.15) is 0 Å². The predicted molar refractivity (Wildman–Crippen MR) is 123 cm³/mol. The van der Waals surface area contributed by atoms with Gasteiger partial charge in [-0.05, 0) is 57.8 Å². The van der Waals surface area contributed by atoms with Crippen LogP contribution in [0.5, 0.6) is 17.2 Å². The lowest BCUT2D eigenvalue weighted by Crippen LogP contribution is -2.32. The highest BCUT2D eigenvalue weighted by Crippen LogP contribution is 2.30. The summed E-state index contributed by atoms with van der Waals surface area (Å²) < 4.78 is 16.3. The number of guanidine groups is 1. The second kappa shape index (κ2) is 11.9. The minimum absolute atomic E-state index is 0.140. The molecule has 0 spiro atoms. The number of nitrogens with one attached hydrogen (secondary N) is 2. The number of hydrogen-bond acceptors (Lipinski definition) is 5. The van der Waals surface area contributed by atoms with E-state index in [-0.39, 0.29) is 6.04 Å². The zero-order chi connectivity index (χ0) is 21.9. The van der Waals surface area contributed by atoms with Crippen molar-refractivity contribution in [1.29, 1.82) is 0 Å². The van der Waals surface area contributed by atoms with Crippen molar-refractivity contribution in [3.05, 3.63) is 48.0 Å². The molecule has 0 saturated carbocycles. The molecule has 0 fully saturated rings. The summed E-state index contributed by atoms with van der Waals surface area (Å²) in [6.45, 7) is 5.92. The van der Waals surface area contributed by atoms with Crippen LogP contribution in [0.4, 0.5) is 5.69 Å². The number of hydrogen-bond donors (Lipinski definition) is 2. The van der Waals surface area contributed by atoms with Crippen LogP contribution >= 0.6 is 0 Å². The minimum Gasteiger partial charge on any atom is -0.497 e. The molecule has 0 aromatic heterocycles. The molecule has 0 aliphatic heterocycles. The van der Waals surface area contributed by atoms with Crippen molar-refractivity contribution in [3.8, 4) is 17.2 Å². The van der Waals surface area contributed by atoms with Crippen molar-refractivity contribution in [2.45, 2.75) is 19.9 Å². The van der Waals surface area contributed by atoms with Crippen LogP contribution in [-0.2, 0) is 0 Å². The van der Waals surface area contributed by atoms with E-state index in [2.05, 4.69) is 41.8 Å². The summed E-state index contributed by atoms with van der Waals surface area (Å²) in [5, 5.41) is 6.66. The Balaban J connectivity index is 2.19. The van der Waals surface area contributed by atoms with Gasteiger partial charge in [-0.25, -0.2) is 0 Å². The van der Waals surface area contributed by atoms with Gasteiger partial charge in [-0.3, -0.25) is 4.99 Å². The SMILES string of the molecule is CCNC(=NCC(c1ccc(OC)cc1)N(C)C)Nc1ccc(OC)c(OCC)c1. The number of nitrogens with zero attached hydrogens (tertiary/aromatic N) is 2. The van der Waals surface area contributed by atoms with Gasteiger partial charge >= 0.3 is 0 Å². The largest absolute Gasteiger partial charge is 0.497 e. The third-order valence-electron chi connectivity index (χ3n) is 4.62. The first-order valence-corrected chi connectivity index (χ1v) is 10.2. The number of anilines is 1. The smallest absolute Gasteiger partial charge is 0.195 e. The van der Waals surface area contributed by atoms with Gasteiger partial charge in [-0.15, -0.1) is 0 Å². The molecular formula is C23H34N4O3. The molecule has 0 bridgehead atoms. The van der Waals surface area contributed by atoms with Crippen LogP contribution < -0.4 is 24.8 Å². The fourth-order valence-electron chi connectivity index (χ4n) is 3.04. The lowest BCUT2D eigenvalue weighted by atomic mass is 10.1. The molecule has 0 amide bonds. The maximum atomic E-state index is 5.67. The Kier molecular flexibility index (Phi) is 9.28. The molecule has 7 nitrogen and oxygen atoms in total. The van der Waals surface area contributed by atoms with Crippen molar-refractivity contribution in [1.82, 2.24) is 10.2 Å². The van der Waals surface area contributed by atoms with E-state index in [9.17, 15) is 0 Å². The minimum atomic E-state index is 0.140. The number of likely N-dealkylation sites (N-methyl/N-ethyl adjacent to an activating group) is 1. The van der Waals surface area contributed by atoms with Crippen molar-refractivity contribution < 1.29 is 14.2 Å². The Morgan fingerprint density at radius 3 is 2.30 bits per heavy atom. The molecular weight excluding hydrogens is 380 g/mol. The number of rotatable bonds is 10. The third-order valence-corrected chi connectivity index (χ3v) is 4.62. The summed E-state index contributed by atoms with van der Waals surface area (Å²) in [4.78, 5) is 6.98. The number of methoxy groups -OCH3 is 2. The quantitative estimate of drug-likeness (QED) is 0.456. The van der Waals surface area contributed by atoms with Crippen molar-refractivity contribution in [2.75, 3.05) is 53.3 Å². The van der Waals surface area contributed by atoms with Crippen LogP contribution in [0.2, 0.25) is 0 Å². The van der Waals surface area contributed by atoms with Crippen LogP contribution in [0, 0.1) is 0 Å². The number of ether oxygens (including phenoxy) is 3. The van der Waals surface area contributed by atoms with Gasteiger partial charge in [0, 0.05) is 18.3 Å². The predicted octanol–water partition coefficient (Wildman–Crippen LogP) is 3.78. The fraction of sp³-hybridized carbons (Fsp3) is 0.435. The molecule has 2 N–H and O–H groups in total.